The van der Waals surface area contributed by atoms with Gasteiger partial charge in [0.25, 0.3) is 0 Å². The molecule has 1 rings (SSSR count). The molecule has 0 aromatic heterocycles. The molecular formula is C14H20ClNO3. The molecule has 0 aliphatic heterocycles. The first-order valence-electron chi connectivity index (χ1n) is 6.30. The van der Waals surface area contributed by atoms with Crippen molar-refractivity contribution in [2.24, 2.45) is 0 Å². The van der Waals surface area contributed by atoms with Gasteiger partial charge in [-0.05, 0) is 18.6 Å². The molecule has 106 valence electrons. The van der Waals surface area contributed by atoms with Crippen LogP contribution in [0.15, 0.2) is 18.2 Å². The zero-order chi connectivity index (χ0) is 14.3. The molecule has 1 N–H and O–H groups in total. The summed E-state index contributed by atoms with van der Waals surface area (Å²) in [4.78, 5) is 11.7. The second-order valence-corrected chi connectivity index (χ2v) is 4.62. The summed E-state index contributed by atoms with van der Waals surface area (Å²) in [6.45, 7) is 2.08. The number of carbonyl (C=O) groups is 1. The van der Waals surface area contributed by atoms with E-state index in [4.69, 9.17) is 21.1 Å². The normalized spacial score (nSPS) is 11.8. The van der Waals surface area contributed by atoms with Crippen molar-refractivity contribution in [2.45, 2.75) is 32.2 Å². The number of methoxy groups -OCH3 is 2. The highest BCUT2D eigenvalue weighted by Gasteiger charge is 2.19. The van der Waals surface area contributed by atoms with E-state index in [2.05, 4.69) is 12.2 Å². The highest BCUT2D eigenvalue weighted by atomic mass is 35.5. The SMILES string of the molecule is CCCCC(Nc1cc(OC)ccc1Cl)C(=O)OC. The van der Waals surface area contributed by atoms with Crippen molar-refractivity contribution < 1.29 is 14.3 Å². The monoisotopic (exact) mass is 285 g/mol. The summed E-state index contributed by atoms with van der Waals surface area (Å²) in [6, 6.07) is 4.88. The van der Waals surface area contributed by atoms with E-state index in [9.17, 15) is 4.79 Å². The number of rotatable bonds is 7. The summed E-state index contributed by atoms with van der Waals surface area (Å²) in [7, 11) is 2.97. The molecule has 5 heteroatoms. The molecule has 0 spiro atoms. The van der Waals surface area contributed by atoms with E-state index in [0.717, 1.165) is 12.8 Å². The molecule has 0 amide bonds. The molecule has 0 fully saturated rings. The Morgan fingerprint density at radius 3 is 2.74 bits per heavy atom. The number of esters is 1. The largest absolute Gasteiger partial charge is 0.497 e. The molecule has 0 saturated heterocycles. The molecule has 1 aromatic rings. The van der Waals surface area contributed by atoms with Gasteiger partial charge in [0.2, 0.25) is 0 Å². The number of hydrogen-bond acceptors (Lipinski definition) is 4. The molecule has 1 aromatic carbocycles. The van der Waals surface area contributed by atoms with E-state index >= 15 is 0 Å². The first-order valence-corrected chi connectivity index (χ1v) is 6.68. The zero-order valence-corrected chi connectivity index (χ0v) is 12.3. The van der Waals surface area contributed by atoms with E-state index in [-0.39, 0.29) is 5.97 Å². The van der Waals surface area contributed by atoms with Crippen LogP contribution in [0.2, 0.25) is 5.02 Å². The van der Waals surface area contributed by atoms with E-state index < -0.39 is 6.04 Å². The van der Waals surface area contributed by atoms with Crippen molar-refractivity contribution in [2.75, 3.05) is 19.5 Å². The minimum absolute atomic E-state index is 0.285. The van der Waals surface area contributed by atoms with Crippen LogP contribution < -0.4 is 10.1 Å². The maximum atomic E-state index is 11.7. The average molecular weight is 286 g/mol. The number of unbranched alkanes of at least 4 members (excludes halogenated alkanes) is 1. The lowest BCUT2D eigenvalue weighted by atomic mass is 10.1. The Labute approximate surface area is 119 Å². The Bertz CT molecular complexity index is 423. The number of ether oxygens (including phenoxy) is 2. The van der Waals surface area contributed by atoms with Crippen LogP contribution in [0.25, 0.3) is 0 Å². The standard InChI is InChI=1S/C14H20ClNO3/c1-4-5-6-12(14(17)19-3)16-13-9-10(18-2)7-8-11(13)15/h7-9,12,16H,4-6H2,1-3H3. The lowest BCUT2D eigenvalue weighted by Crippen LogP contribution is -2.30. The van der Waals surface area contributed by atoms with Gasteiger partial charge >= 0.3 is 5.97 Å². The summed E-state index contributed by atoms with van der Waals surface area (Å²) in [5.41, 5.74) is 0.674. The molecule has 0 bridgehead atoms. The van der Waals surface area contributed by atoms with Gasteiger partial charge in [-0.1, -0.05) is 31.4 Å². The third-order valence-corrected chi connectivity index (χ3v) is 3.16. The van der Waals surface area contributed by atoms with Gasteiger partial charge in [-0.2, -0.15) is 0 Å². The van der Waals surface area contributed by atoms with Crippen LogP contribution in [-0.2, 0) is 9.53 Å². The molecule has 4 nitrogen and oxygen atoms in total. The van der Waals surface area contributed by atoms with Gasteiger partial charge in [0, 0.05) is 6.07 Å². The van der Waals surface area contributed by atoms with Crippen LogP contribution in [0.5, 0.6) is 5.75 Å². The lowest BCUT2D eigenvalue weighted by Gasteiger charge is -2.18. The fraction of sp³-hybridized carbons (Fsp3) is 0.500. The number of carbonyl (C=O) groups excluding carboxylic acids is 1. The second-order valence-electron chi connectivity index (χ2n) is 4.21. The van der Waals surface area contributed by atoms with Crippen LogP contribution in [0.1, 0.15) is 26.2 Å². The Morgan fingerprint density at radius 1 is 1.42 bits per heavy atom. The van der Waals surface area contributed by atoms with Crippen molar-refractivity contribution in [3.05, 3.63) is 23.2 Å². The van der Waals surface area contributed by atoms with E-state index in [1.54, 1.807) is 25.3 Å². The summed E-state index contributed by atoms with van der Waals surface area (Å²) < 4.78 is 9.95. The topological polar surface area (TPSA) is 47.6 Å². The predicted molar refractivity (Wildman–Crippen MR) is 77.0 cm³/mol. The highest BCUT2D eigenvalue weighted by molar-refractivity contribution is 6.33. The highest BCUT2D eigenvalue weighted by Crippen LogP contribution is 2.28. The molecule has 0 aliphatic carbocycles. The van der Waals surface area contributed by atoms with Crippen molar-refractivity contribution in [1.82, 2.24) is 0 Å². The van der Waals surface area contributed by atoms with Crippen LogP contribution in [0.3, 0.4) is 0 Å². The van der Waals surface area contributed by atoms with Crippen LogP contribution >= 0.6 is 11.6 Å². The number of hydrogen-bond donors (Lipinski definition) is 1. The predicted octanol–water partition coefficient (Wildman–Crippen LogP) is 3.49. The Kier molecular flexibility index (Phi) is 6.50. The van der Waals surface area contributed by atoms with Gasteiger partial charge in [0.15, 0.2) is 0 Å². The smallest absolute Gasteiger partial charge is 0.328 e. The molecule has 0 heterocycles. The maximum Gasteiger partial charge on any atom is 0.328 e. The quantitative estimate of drug-likeness (QED) is 0.779. The number of nitrogens with one attached hydrogen (secondary N) is 1. The lowest BCUT2D eigenvalue weighted by molar-refractivity contribution is -0.141. The number of anilines is 1. The fourth-order valence-electron chi connectivity index (χ4n) is 1.73. The summed E-state index contributed by atoms with van der Waals surface area (Å²) >= 11 is 6.11. The van der Waals surface area contributed by atoms with Gasteiger partial charge in [-0.25, -0.2) is 4.79 Å². The maximum absolute atomic E-state index is 11.7. The van der Waals surface area contributed by atoms with Crippen molar-refractivity contribution in [3.63, 3.8) is 0 Å². The summed E-state index contributed by atoms with van der Waals surface area (Å²) in [6.07, 6.45) is 2.66. The van der Waals surface area contributed by atoms with E-state index in [1.807, 2.05) is 0 Å². The average Bonchev–Trinajstić information content (AvgIpc) is 2.44. The summed E-state index contributed by atoms with van der Waals surface area (Å²) in [5, 5.41) is 3.67. The Balaban J connectivity index is 2.85. The molecular weight excluding hydrogens is 266 g/mol. The second kappa shape index (κ2) is 7.89. The Hall–Kier alpha value is -1.42. The molecule has 1 unspecified atom stereocenters. The first kappa shape index (κ1) is 15.6. The third-order valence-electron chi connectivity index (χ3n) is 2.84. The minimum atomic E-state index is -0.394. The minimum Gasteiger partial charge on any atom is -0.497 e. The molecule has 0 aliphatic rings. The van der Waals surface area contributed by atoms with Gasteiger partial charge in [0.05, 0.1) is 24.9 Å². The van der Waals surface area contributed by atoms with Crippen molar-refractivity contribution in [1.29, 1.82) is 0 Å². The third kappa shape index (κ3) is 4.63. The molecule has 1 atom stereocenters. The van der Waals surface area contributed by atoms with Gasteiger partial charge in [0.1, 0.15) is 11.8 Å². The Morgan fingerprint density at radius 2 is 2.16 bits per heavy atom. The number of halogens is 1. The van der Waals surface area contributed by atoms with Crippen molar-refractivity contribution >= 4 is 23.3 Å². The van der Waals surface area contributed by atoms with Crippen molar-refractivity contribution in [3.8, 4) is 5.75 Å². The van der Waals surface area contributed by atoms with Gasteiger partial charge in [-0.3, -0.25) is 0 Å². The fourth-order valence-corrected chi connectivity index (χ4v) is 1.90. The number of benzene rings is 1. The zero-order valence-electron chi connectivity index (χ0n) is 11.5. The summed E-state index contributed by atoms with van der Waals surface area (Å²) in [5.74, 6) is 0.401. The molecule has 0 radical (unpaired) electrons. The molecule has 0 saturated carbocycles. The molecule has 19 heavy (non-hydrogen) atoms. The van der Waals surface area contributed by atoms with Gasteiger partial charge < -0.3 is 14.8 Å². The van der Waals surface area contributed by atoms with Crippen LogP contribution in [0.4, 0.5) is 5.69 Å². The first-order chi connectivity index (χ1) is 9.12. The van der Waals surface area contributed by atoms with E-state index in [0.29, 0.717) is 22.9 Å². The van der Waals surface area contributed by atoms with Gasteiger partial charge in [-0.15, -0.1) is 0 Å². The van der Waals surface area contributed by atoms with E-state index in [1.165, 1.54) is 7.11 Å². The van der Waals surface area contributed by atoms with Crippen LogP contribution in [0, 0.1) is 0 Å². The van der Waals surface area contributed by atoms with Crippen LogP contribution in [-0.4, -0.2) is 26.2 Å².